The molecule has 3 heteroatoms. The third-order valence-electron chi connectivity index (χ3n) is 3.26. The number of amides is 1. The number of nitrogens with one attached hydrogen (secondary N) is 1. The van der Waals surface area contributed by atoms with Gasteiger partial charge in [0, 0.05) is 12.3 Å². The zero-order valence-corrected chi connectivity index (χ0v) is 10.7. The zero-order chi connectivity index (χ0) is 12.1. The Balaban J connectivity index is 1.87. The maximum Gasteiger partial charge on any atom is 0.220 e. The summed E-state index contributed by atoms with van der Waals surface area (Å²) in [7, 11) is 0. The van der Waals surface area contributed by atoms with E-state index in [2.05, 4.69) is 23.5 Å². The first-order chi connectivity index (χ1) is 8.31. The first-order valence-electron chi connectivity index (χ1n) is 6.24. The lowest BCUT2D eigenvalue weighted by Crippen LogP contribution is -2.26. The fraction of sp³-hybridized carbons (Fsp3) is 0.500. The van der Waals surface area contributed by atoms with Gasteiger partial charge in [-0.3, -0.25) is 4.79 Å². The average molecular weight is 252 g/mol. The van der Waals surface area contributed by atoms with Crippen molar-refractivity contribution in [2.45, 2.75) is 38.1 Å². The Bertz CT molecular complexity index is 392. The molecular formula is C14H18ClNO. The second kappa shape index (κ2) is 6.06. The summed E-state index contributed by atoms with van der Waals surface area (Å²) < 4.78 is 0. The van der Waals surface area contributed by atoms with Crippen LogP contribution in [0.3, 0.4) is 0 Å². The highest BCUT2D eigenvalue weighted by atomic mass is 35.5. The highest BCUT2D eigenvalue weighted by Crippen LogP contribution is 2.30. The van der Waals surface area contributed by atoms with Crippen LogP contribution < -0.4 is 5.32 Å². The van der Waals surface area contributed by atoms with Crippen molar-refractivity contribution in [3.05, 3.63) is 35.4 Å². The Morgan fingerprint density at radius 3 is 3.00 bits per heavy atom. The number of hydrogen-bond donors (Lipinski definition) is 1. The molecule has 0 saturated carbocycles. The maximum absolute atomic E-state index is 11.7. The molecule has 1 aliphatic rings. The molecule has 1 aromatic rings. The maximum atomic E-state index is 11.7. The van der Waals surface area contributed by atoms with Gasteiger partial charge in [0.1, 0.15) is 0 Å². The monoisotopic (exact) mass is 251 g/mol. The van der Waals surface area contributed by atoms with E-state index in [1.807, 2.05) is 6.07 Å². The molecule has 2 nitrogen and oxygen atoms in total. The first kappa shape index (κ1) is 12.4. The molecule has 2 rings (SSSR count). The topological polar surface area (TPSA) is 29.1 Å². The van der Waals surface area contributed by atoms with E-state index < -0.39 is 0 Å². The molecule has 1 aromatic carbocycles. The van der Waals surface area contributed by atoms with Crippen LogP contribution in [0.2, 0.25) is 0 Å². The molecule has 0 bridgehead atoms. The fourth-order valence-corrected chi connectivity index (χ4v) is 2.54. The Labute approximate surface area is 107 Å². The second-order valence-corrected chi connectivity index (χ2v) is 4.88. The van der Waals surface area contributed by atoms with Crippen molar-refractivity contribution in [1.82, 2.24) is 5.32 Å². The molecule has 1 N–H and O–H groups in total. The Morgan fingerprint density at radius 2 is 2.18 bits per heavy atom. The van der Waals surface area contributed by atoms with Crippen molar-refractivity contribution in [2.75, 3.05) is 5.88 Å². The molecule has 1 unspecified atom stereocenters. The summed E-state index contributed by atoms with van der Waals surface area (Å²) in [6.45, 7) is 0. The van der Waals surface area contributed by atoms with Crippen LogP contribution in [0.4, 0.5) is 0 Å². The highest BCUT2D eigenvalue weighted by molar-refractivity contribution is 6.17. The van der Waals surface area contributed by atoms with Gasteiger partial charge in [-0.05, 0) is 36.8 Å². The van der Waals surface area contributed by atoms with Crippen LogP contribution >= 0.6 is 11.6 Å². The molecule has 0 fully saturated rings. The minimum atomic E-state index is 0.150. The number of aryl methyl sites for hydroxylation is 1. The molecule has 1 atom stereocenters. The third-order valence-corrected chi connectivity index (χ3v) is 3.52. The van der Waals surface area contributed by atoms with Crippen molar-refractivity contribution in [1.29, 1.82) is 0 Å². The smallest absolute Gasteiger partial charge is 0.220 e. The van der Waals surface area contributed by atoms with Gasteiger partial charge < -0.3 is 5.32 Å². The van der Waals surface area contributed by atoms with Crippen LogP contribution in [0.15, 0.2) is 24.3 Å². The summed E-state index contributed by atoms with van der Waals surface area (Å²) in [5.74, 6) is 0.788. The SMILES string of the molecule is O=C(CCCCCl)NC1CCc2ccccc21. The van der Waals surface area contributed by atoms with Gasteiger partial charge in [0.05, 0.1) is 6.04 Å². The molecular weight excluding hydrogens is 234 g/mol. The molecule has 92 valence electrons. The summed E-state index contributed by atoms with van der Waals surface area (Å²) in [4.78, 5) is 11.7. The fourth-order valence-electron chi connectivity index (χ4n) is 2.35. The minimum Gasteiger partial charge on any atom is -0.349 e. The predicted octanol–water partition coefficient (Wildman–Crippen LogP) is 3.20. The Hall–Kier alpha value is -1.02. The number of alkyl halides is 1. The molecule has 0 aromatic heterocycles. The second-order valence-electron chi connectivity index (χ2n) is 4.50. The Kier molecular flexibility index (Phi) is 4.43. The van der Waals surface area contributed by atoms with Crippen LogP contribution in [0.1, 0.15) is 42.9 Å². The number of carbonyl (C=O) groups is 1. The van der Waals surface area contributed by atoms with Crippen LogP contribution in [0.5, 0.6) is 0 Å². The number of benzene rings is 1. The largest absolute Gasteiger partial charge is 0.349 e. The van der Waals surface area contributed by atoms with E-state index in [0.717, 1.165) is 25.7 Å². The summed E-state index contributed by atoms with van der Waals surface area (Å²) in [6, 6.07) is 8.58. The molecule has 1 amide bonds. The lowest BCUT2D eigenvalue weighted by molar-refractivity contribution is -0.121. The van der Waals surface area contributed by atoms with Gasteiger partial charge in [-0.2, -0.15) is 0 Å². The highest BCUT2D eigenvalue weighted by Gasteiger charge is 2.22. The minimum absolute atomic E-state index is 0.150. The number of hydrogen-bond acceptors (Lipinski definition) is 1. The molecule has 0 radical (unpaired) electrons. The number of unbranched alkanes of at least 4 members (excludes halogenated alkanes) is 1. The van der Waals surface area contributed by atoms with E-state index in [4.69, 9.17) is 11.6 Å². The quantitative estimate of drug-likeness (QED) is 0.632. The van der Waals surface area contributed by atoms with Gasteiger partial charge >= 0.3 is 0 Å². The summed E-state index contributed by atoms with van der Waals surface area (Å²) >= 11 is 5.59. The van der Waals surface area contributed by atoms with E-state index in [9.17, 15) is 4.79 Å². The van der Waals surface area contributed by atoms with Crippen molar-refractivity contribution >= 4 is 17.5 Å². The molecule has 17 heavy (non-hydrogen) atoms. The number of rotatable bonds is 5. The van der Waals surface area contributed by atoms with Crippen molar-refractivity contribution < 1.29 is 4.79 Å². The van der Waals surface area contributed by atoms with E-state index in [1.165, 1.54) is 11.1 Å². The van der Waals surface area contributed by atoms with Crippen LogP contribution in [0.25, 0.3) is 0 Å². The van der Waals surface area contributed by atoms with E-state index in [0.29, 0.717) is 12.3 Å². The Morgan fingerprint density at radius 1 is 1.35 bits per heavy atom. The molecule has 0 saturated heterocycles. The zero-order valence-electron chi connectivity index (χ0n) is 9.92. The molecule has 0 heterocycles. The van der Waals surface area contributed by atoms with Gasteiger partial charge in [-0.1, -0.05) is 24.3 Å². The number of halogens is 1. The average Bonchev–Trinajstić information content (AvgIpc) is 2.73. The van der Waals surface area contributed by atoms with E-state index in [-0.39, 0.29) is 11.9 Å². The van der Waals surface area contributed by atoms with Crippen LogP contribution in [-0.4, -0.2) is 11.8 Å². The van der Waals surface area contributed by atoms with Crippen LogP contribution in [0, 0.1) is 0 Å². The van der Waals surface area contributed by atoms with Gasteiger partial charge in [0.25, 0.3) is 0 Å². The third kappa shape index (κ3) is 3.22. The van der Waals surface area contributed by atoms with Gasteiger partial charge in [0.2, 0.25) is 5.91 Å². The number of carbonyl (C=O) groups excluding carboxylic acids is 1. The predicted molar refractivity (Wildman–Crippen MR) is 70.2 cm³/mol. The van der Waals surface area contributed by atoms with Crippen molar-refractivity contribution in [3.63, 3.8) is 0 Å². The molecule has 1 aliphatic carbocycles. The summed E-state index contributed by atoms with van der Waals surface area (Å²) in [5, 5.41) is 3.11. The van der Waals surface area contributed by atoms with Gasteiger partial charge in [-0.25, -0.2) is 0 Å². The number of fused-ring (bicyclic) bond motifs is 1. The van der Waals surface area contributed by atoms with Crippen molar-refractivity contribution in [2.24, 2.45) is 0 Å². The first-order valence-corrected chi connectivity index (χ1v) is 6.78. The van der Waals surface area contributed by atoms with Gasteiger partial charge in [0.15, 0.2) is 0 Å². The van der Waals surface area contributed by atoms with Crippen LogP contribution in [-0.2, 0) is 11.2 Å². The lowest BCUT2D eigenvalue weighted by atomic mass is 10.1. The standard InChI is InChI=1S/C14H18ClNO/c15-10-4-3-7-14(17)16-13-9-8-11-5-1-2-6-12(11)13/h1-2,5-6,13H,3-4,7-10H2,(H,16,17). The molecule has 0 aliphatic heterocycles. The normalized spacial score (nSPS) is 17.8. The lowest BCUT2D eigenvalue weighted by Gasteiger charge is -2.13. The van der Waals surface area contributed by atoms with Crippen molar-refractivity contribution in [3.8, 4) is 0 Å². The summed E-state index contributed by atoms with van der Waals surface area (Å²) in [5.41, 5.74) is 2.66. The summed E-state index contributed by atoms with van der Waals surface area (Å²) in [6.07, 6.45) is 4.48. The molecule has 0 spiro atoms. The van der Waals surface area contributed by atoms with Gasteiger partial charge in [-0.15, -0.1) is 11.6 Å². The van der Waals surface area contributed by atoms with E-state index >= 15 is 0 Å². The van der Waals surface area contributed by atoms with E-state index in [1.54, 1.807) is 0 Å².